The molecule has 0 saturated heterocycles. The van der Waals surface area contributed by atoms with Gasteiger partial charge in [-0.2, -0.15) is 0 Å². The molecule has 0 aromatic heterocycles. The van der Waals surface area contributed by atoms with Gasteiger partial charge in [-0.15, -0.1) is 0 Å². The summed E-state index contributed by atoms with van der Waals surface area (Å²) in [5.41, 5.74) is 0.581. The van der Waals surface area contributed by atoms with Gasteiger partial charge < -0.3 is 10.4 Å². The van der Waals surface area contributed by atoms with Crippen molar-refractivity contribution in [1.29, 1.82) is 0 Å². The highest BCUT2D eigenvalue weighted by atomic mass is 16.4. The maximum absolute atomic E-state index is 12.4. The van der Waals surface area contributed by atoms with E-state index >= 15 is 0 Å². The third-order valence-corrected chi connectivity index (χ3v) is 5.45. The first-order chi connectivity index (χ1) is 9.66. The number of hydrogen-bond donors (Lipinski definition) is 2. The Labute approximate surface area is 117 Å². The number of rotatable bonds is 3. The van der Waals surface area contributed by atoms with Crippen molar-refractivity contribution in [2.75, 3.05) is 5.32 Å². The molecule has 1 amide bonds. The predicted molar refractivity (Wildman–Crippen MR) is 73.3 cm³/mol. The number of hydrogen-bond acceptors (Lipinski definition) is 2. The number of fused-ring (bicyclic) bond motifs is 5. The summed E-state index contributed by atoms with van der Waals surface area (Å²) in [6.45, 7) is 0. The minimum Gasteiger partial charge on any atom is -0.478 e. The number of carboxylic acids is 1. The molecular formula is C16H17NO3. The largest absolute Gasteiger partial charge is 0.478 e. The fraction of sp³-hybridized carbons (Fsp3) is 0.500. The normalized spacial score (nSPS) is 36.5. The van der Waals surface area contributed by atoms with E-state index in [1.54, 1.807) is 18.2 Å². The van der Waals surface area contributed by atoms with Gasteiger partial charge in [0, 0.05) is 5.92 Å². The van der Waals surface area contributed by atoms with Crippen LogP contribution in [0.25, 0.3) is 0 Å². The molecule has 0 spiro atoms. The Morgan fingerprint density at radius 2 is 1.75 bits per heavy atom. The van der Waals surface area contributed by atoms with Crippen molar-refractivity contribution >= 4 is 17.6 Å². The van der Waals surface area contributed by atoms with Gasteiger partial charge in [-0.25, -0.2) is 4.79 Å². The minimum atomic E-state index is -1.00. The van der Waals surface area contributed by atoms with Crippen molar-refractivity contribution in [2.24, 2.45) is 29.6 Å². The summed E-state index contributed by atoms with van der Waals surface area (Å²) in [7, 11) is 0. The smallest absolute Gasteiger partial charge is 0.337 e. The fourth-order valence-electron chi connectivity index (χ4n) is 4.67. The summed E-state index contributed by atoms with van der Waals surface area (Å²) in [6.07, 6.45) is 3.87. The maximum Gasteiger partial charge on any atom is 0.337 e. The van der Waals surface area contributed by atoms with Gasteiger partial charge in [-0.1, -0.05) is 12.1 Å². The molecule has 3 aliphatic carbocycles. The molecule has 0 radical (unpaired) electrons. The third kappa shape index (κ3) is 1.60. The zero-order chi connectivity index (χ0) is 13.9. The van der Waals surface area contributed by atoms with Crippen LogP contribution in [0.3, 0.4) is 0 Å². The highest BCUT2D eigenvalue weighted by Crippen LogP contribution is 2.69. The quantitative estimate of drug-likeness (QED) is 0.888. The molecule has 104 valence electrons. The lowest BCUT2D eigenvalue weighted by Crippen LogP contribution is -2.20. The van der Waals surface area contributed by atoms with Gasteiger partial charge in [0.15, 0.2) is 0 Å². The lowest BCUT2D eigenvalue weighted by molar-refractivity contribution is -0.118. The molecule has 4 heteroatoms. The van der Waals surface area contributed by atoms with E-state index in [4.69, 9.17) is 5.11 Å². The van der Waals surface area contributed by atoms with Crippen molar-refractivity contribution in [2.45, 2.75) is 19.3 Å². The molecule has 4 rings (SSSR count). The molecule has 4 unspecified atom stereocenters. The van der Waals surface area contributed by atoms with Crippen LogP contribution >= 0.6 is 0 Å². The van der Waals surface area contributed by atoms with E-state index in [0.29, 0.717) is 17.5 Å². The van der Waals surface area contributed by atoms with Gasteiger partial charge in [0.05, 0.1) is 11.3 Å². The van der Waals surface area contributed by atoms with Crippen LogP contribution in [0.4, 0.5) is 5.69 Å². The Balaban J connectivity index is 1.51. The number of carboxylic acid groups (broad SMARTS) is 1. The highest BCUT2D eigenvalue weighted by Gasteiger charge is 2.67. The van der Waals surface area contributed by atoms with E-state index in [9.17, 15) is 9.59 Å². The number of nitrogens with one attached hydrogen (secondary N) is 1. The Hall–Kier alpha value is -1.84. The van der Waals surface area contributed by atoms with Crippen LogP contribution in [0.15, 0.2) is 24.3 Å². The van der Waals surface area contributed by atoms with Crippen molar-refractivity contribution in [3.05, 3.63) is 29.8 Å². The third-order valence-electron chi connectivity index (χ3n) is 5.45. The minimum absolute atomic E-state index is 0.0188. The molecule has 3 aliphatic rings. The molecule has 2 N–H and O–H groups in total. The summed E-state index contributed by atoms with van der Waals surface area (Å²) >= 11 is 0. The lowest BCUT2D eigenvalue weighted by atomic mass is 10.0. The van der Waals surface area contributed by atoms with E-state index < -0.39 is 5.97 Å². The molecule has 2 bridgehead atoms. The Morgan fingerprint density at radius 3 is 2.40 bits per heavy atom. The Morgan fingerprint density at radius 1 is 1.10 bits per heavy atom. The van der Waals surface area contributed by atoms with Crippen molar-refractivity contribution in [3.63, 3.8) is 0 Å². The van der Waals surface area contributed by atoms with E-state index in [1.807, 2.05) is 0 Å². The topological polar surface area (TPSA) is 66.4 Å². The van der Waals surface area contributed by atoms with Crippen molar-refractivity contribution in [3.8, 4) is 0 Å². The predicted octanol–water partition coefficient (Wildman–Crippen LogP) is 2.62. The molecule has 3 saturated carbocycles. The Kier molecular flexibility index (Phi) is 2.43. The maximum atomic E-state index is 12.4. The molecule has 1 aromatic rings. The lowest BCUT2D eigenvalue weighted by Gasteiger charge is -2.11. The first-order valence-electron chi connectivity index (χ1n) is 7.30. The molecule has 1 aromatic carbocycles. The number of benzene rings is 1. The molecule has 20 heavy (non-hydrogen) atoms. The van der Waals surface area contributed by atoms with Crippen LogP contribution in [-0.2, 0) is 4.79 Å². The van der Waals surface area contributed by atoms with Gasteiger partial charge in [0.1, 0.15) is 0 Å². The van der Waals surface area contributed by atoms with E-state index in [0.717, 1.165) is 11.8 Å². The molecule has 3 fully saturated rings. The van der Waals surface area contributed by atoms with Crippen molar-refractivity contribution < 1.29 is 14.7 Å². The molecule has 0 heterocycles. The second-order valence-electron chi connectivity index (χ2n) is 6.35. The summed E-state index contributed by atoms with van der Waals surface area (Å²) in [4.78, 5) is 23.5. The van der Waals surface area contributed by atoms with Gasteiger partial charge >= 0.3 is 5.97 Å². The Bertz CT molecular complexity index is 581. The fourth-order valence-corrected chi connectivity index (χ4v) is 4.67. The second-order valence-corrected chi connectivity index (χ2v) is 6.35. The van der Waals surface area contributed by atoms with Gasteiger partial charge in [-0.05, 0) is 55.1 Å². The standard InChI is InChI=1S/C16H17NO3/c18-15(14-12-8-5-6-9(7-8)13(12)14)17-11-4-2-1-3-10(11)16(19)20/h1-4,8-9,12-14H,5-7H2,(H,17,18)(H,19,20). The number of carbonyl (C=O) groups excluding carboxylic acids is 1. The van der Waals surface area contributed by atoms with E-state index in [2.05, 4.69) is 5.32 Å². The average Bonchev–Trinajstić information content (AvgIpc) is 2.88. The summed E-state index contributed by atoms with van der Waals surface area (Å²) in [6, 6.07) is 6.61. The second kappa shape index (κ2) is 4.08. The van der Waals surface area contributed by atoms with Crippen LogP contribution in [0.2, 0.25) is 0 Å². The number of anilines is 1. The summed E-state index contributed by atoms with van der Waals surface area (Å²) in [5.74, 6) is 1.78. The first-order valence-corrected chi connectivity index (χ1v) is 7.30. The highest BCUT2D eigenvalue weighted by molar-refractivity contribution is 6.02. The zero-order valence-electron chi connectivity index (χ0n) is 11.1. The van der Waals surface area contributed by atoms with Gasteiger partial charge in [0.25, 0.3) is 0 Å². The van der Waals surface area contributed by atoms with Crippen LogP contribution in [0.5, 0.6) is 0 Å². The average molecular weight is 271 g/mol. The van der Waals surface area contributed by atoms with Crippen LogP contribution < -0.4 is 5.32 Å². The number of aromatic carboxylic acids is 1. The van der Waals surface area contributed by atoms with Crippen LogP contribution in [0, 0.1) is 29.6 Å². The van der Waals surface area contributed by atoms with Crippen molar-refractivity contribution in [1.82, 2.24) is 0 Å². The van der Waals surface area contributed by atoms with Crippen LogP contribution in [0.1, 0.15) is 29.6 Å². The van der Waals surface area contributed by atoms with E-state index in [1.165, 1.54) is 25.3 Å². The zero-order valence-corrected chi connectivity index (χ0v) is 11.1. The monoisotopic (exact) mass is 271 g/mol. The number of amides is 1. The molecule has 4 nitrogen and oxygen atoms in total. The van der Waals surface area contributed by atoms with Gasteiger partial charge in [0.2, 0.25) is 5.91 Å². The summed E-state index contributed by atoms with van der Waals surface area (Å²) in [5, 5.41) is 12.0. The number of para-hydroxylation sites is 1. The SMILES string of the molecule is O=C(O)c1ccccc1NC(=O)C1C2C3CCC(C3)C12. The molecular weight excluding hydrogens is 254 g/mol. The van der Waals surface area contributed by atoms with E-state index in [-0.39, 0.29) is 17.4 Å². The summed E-state index contributed by atoms with van der Waals surface area (Å²) < 4.78 is 0. The van der Waals surface area contributed by atoms with Gasteiger partial charge in [-0.3, -0.25) is 4.79 Å². The van der Waals surface area contributed by atoms with Crippen LogP contribution in [-0.4, -0.2) is 17.0 Å². The first kappa shape index (κ1) is 11.9. The molecule has 4 atom stereocenters. The molecule has 0 aliphatic heterocycles. The number of carbonyl (C=O) groups is 2.